The van der Waals surface area contributed by atoms with Crippen LogP contribution in [0.1, 0.15) is 19.4 Å². The van der Waals surface area contributed by atoms with Crippen molar-refractivity contribution < 1.29 is 9.59 Å². The fourth-order valence-corrected chi connectivity index (χ4v) is 1.73. The number of hydrogen-bond donors (Lipinski definition) is 2. The van der Waals surface area contributed by atoms with E-state index in [1.807, 2.05) is 13.0 Å². The van der Waals surface area contributed by atoms with E-state index >= 15 is 0 Å². The van der Waals surface area contributed by atoms with Crippen molar-refractivity contribution in [3.63, 3.8) is 0 Å². The third-order valence-corrected chi connectivity index (χ3v) is 2.91. The molecule has 0 saturated heterocycles. The molecule has 0 heterocycles. The van der Waals surface area contributed by atoms with Crippen LogP contribution in [-0.2, 0) is 16.0 Å². The van der Waals surface area contributed by atoms with Gasteiger partial charge in [0, 0.05) is 19.3 Å². The van der Waals surface area contributed by atoms with Gasteiger partial charge in [-0.1, -0.05) is 12.1 Å². The maximum Gasteiger partial charge on any atom is 0.244 e. The molecule has 19 heavy (non-hydrogen) atoms. The van der Waals surface area contributed by atoms with Gasteiger partial charge in [-0.25, -0.2) is 0 Å². The molecular formula is C14H21N3O2. The average Bonchev–Trinajstić information content (AvgIpc) is 2.36. The van der Waals surface area contributed by atoms with Gasteiger partial charge in [-0.05, 0) is 31.5 Å². The Morgan fingerprint density at radius 3 is 2.68 bits per heavy atom. The molecule has 0 bridgehead atoms. The molecule has 0 radical (unpaired) electrons. The van der Waals surface area contributed by atoms with E-state index in [0.29, 0.717) is 12.2 Å². The maximum absolute atomic E-state index is 11.8. The first-order valence-corrected chi connectivity index (χ1v) is 6.32. The highest BCUT2D eigenvalue weighted by Gasteiger charge is 2.18. The smallest absolute Gasteiger partial charge is 0.244 e. The van der Waals surface area contributed by atoms with Crippen molar-refractivity contribution in [3.8, 4) is 0 Å². The van der Waals surface area contributed by atoms with Crippen LogP contribution in [0.2, 0.25) is 0 Å². The zero-order chi connectivity index (χ0) is 14.4. The van der Waals surface area contributed by atoms with Gasteiger partial charge in [0.15, 0.2) is 0 Å². The lowest BCUT2D eigenvalue weighted by atomic mass is 10.1. The van der Waals surface area contributed by atoms with Gasteiger partial charge in [0.05, 0.1) is 6.42 Å². The number of hydrogen-bond acceptors (Lipinski definition) is 3. The molecule has 5 nitrogen and oxygen atoms in total. The van der Waals surface area contributed by atoms with E-state index < -0.39 is 6.04 Å². The van der Waals surface area contributed by atoms with Gasteiger partial charge in [-0.3, -0.25) is 9.59 Å². The zero-order valence-corrected chi connectivity index (χ0v) is 11.6. The van der Waals surface area contributed by atoms with E-state index in [2.05, 4.69) is 5.32 Å². The van der Waals surface area contributed by atoms with E-state index in [1.165, 1.54) is 0 Å². The van der Waals surface area contributed by atoms with E-state index in [-0.39, 0.29) is 18.2 Å². The number of nitrogens with two attached hydrogens (primary N) is 1. The molecule has 104 valence electrons. The highest BCUT2D eigenvalue weighted by atomic mass is 16.2. The Morgan fingerprint density at radius 2 is 2.11 bits per heavy atom. The Labute approximate surface area is 113 Å². The molecule has 3 N–H and O–H groups in total. The molecule has 0 aliphatic heterocycles. The van der Waals surface area contributed by atoms with Crippen molar-refractivity contribution in [2.24, 2.45) is 0 Å². The monoisotopic (exact) mass is 263 g/mol. The lowest BCUT2D eigenvalue weighted by molar-refractivity contribution is -0.134. The highest BCUT2D eigenvalue weighted by molar-refractivity contribution is 5.88. The first-order chi connectivity index (χ1) is 8.93. The molecule has 0 saturated carbocycles. The molecule has 0 aromatic heterocycles. The molecule has 1 aromatic rings. The van der Waals surface area contributed by atoms with Gasteiger partial charge in [-0.15, -0.1) is 0 Å². The van der Waals surface area contributed by atoms with Crippen molar-refractivity contribution in [2.45, 2.75) is 26.3 Å². The minimum Gasteiger partial charge on any atom is -0.399 e. The van der Waals surface area contributed by atoms with Crippen molar-refractivity contribution >= 4 is 17.5 Å². The molecular weight excluding hydrogens is 242 g/mol. The van der Waals surface area contributed by atoms with Crippen LogP contribution < -0.4 is 11.1 Å². The summed E-state index contributed by atoms with van der Waals surface area (Å²) in [5.41, 5.74) is 7.11. The Kier molecular flexibility index (Phi) is 5.36. The number of carbonyl (C=O) groups is 2. The number of rotatable bonds is 5. The lowest BCUT2D eigenvalue weighted by Gasteiger charge is -2.20. The van der Waals surface area contributed by atoms with Gasteiger partial charge in [0.2, 0.25) is 11.8 Å². The van der Waals surface area contributed by atoms with Crippen molar-refractivity contribution in [3.05, 3.63) is 29.8 Å². The second-order valence-electron chi connectivity index (χ2n) is 4.56. The summed E-state index contributed by atoms with van der Waals surface area (Å²) in [4.78, 5) is 25.2. The van der Waals surface area contributed by atoms with Crippen molar-refractivity contribution in [2.75, 3.05) is 19.3 Å². The lowest BCUT2D eigenvalue weighted by Crippen LogP contribution is -2.45. The number of amides is 2. The van der Waals surface area contributed by atoms with Crippen molar-refractivity contribution in [1.29, 1.82) is 0 Å². The molecule has 1 unspecified atom stereocenters. The second-order valence-corrected chi connectivity index (χ2v) is 4.56. The summed E-state index contributed by atoms with van der Waals surface area (Å²) in [5, 5.41) is 2.69. The Morgan fingerprint density at radius 1 is 1.42 bits per heavy atom. The molecule has 0 aliphatic rings. The van der Waals surface area contributed by atoms with Crippen LogP contribution in [0.15, 0.2) is 24.3 Å². The average molecular weight is 263 g/mol. The minimum absolute atomic E-state index is 0.0941. The molecule has 1 atom stereocenters. The SMILES string of the molecule is CCN(C)C(=O)C(C)NC(=O)Cc1cccc(N)c1. The Balaban J connectivity index is 2.54. The van der Waals surface area contributed by atoms with E-state index in [4.69, 9.17) is 5.73 Å². The summed E-state index contributed by atoms with van der Waals surface area (Å²) in [6.07, 6.45) is 0.221. The molecule has 1 rings (SSSR count). The molecule has 0 fully saturated rings. The third-order valence-electron chi connectivity index (χ3n) is 2.91. The largest absolute Gasteiger partial charge is 0.399 e. The molecule has 0 aliphatic carbocycles. The number of likely N-dealkylation sites (N-methyl/N-ethyl adjacent to an activating group) is 1. The summed E-state index contributed by atoms with van der Waals surface area (Å²) in [5.74, 6) is -0.278. The number of nitrogen functional groups attached to an aromatic ring is 1. The third kappa shape index (κ3) is 4.62. The van der Waals surface area contributed by atoms with Crippen LogP contribution in [0, 0.1) is 0 Å². The quantitative estimate of drug-likeness (QED) is 0.771. The zero-order valence-electron chi connectivity index (χ0n) is 11.6. The first-order valence-electron chi connectivity index (χ1n) is 6.32. The van der Waals surface area contributed by atoms with Crippen LogP contribution in [0.3, 0.4) is 0 Å². The van der Waals surface area contributed by atoms with Gasteiger partial charge >= 0.3 is 0 Å². The number of nitrogens with one attached hydrogen (secondary N) is 1. The van der Waals surface area contributed by atoms with E-state index in [1.54, 1.807) is 37.1 Å². The van der Waals surface area contributed by atoms with E-state index in [9.17, 15) is 9.59 Å². The summed E-state index contributed by atoms with van der Waals surface area (Å²) >= 11 is 0. The number of benzene rings is 1. The number of anilines is 1. The highest BCUT2D eigenvalue weighted by Crippen LogP contribution is 2.07. The maximum atomic E-state index is 11.8. The summed E-state index contributed by atoms with van der Waals surface area (Å²) in [7, 11) is 1.71. The minimum atomic E-state index is -0.515. The molecule has 1 aromatic carbocycles. The van der Waals surface area contributed by atoms with Crippen molar-refractivity contribution in [1.82, 2.24) is 10.2 Å². The number of carbonyl (C=O) groups excluding carboxylic acids is 2. The normalized spacial score (nSPS) is 11.7. The Bertz CT molecular complexity index is 460. The van der Waals surface area contributed by atoms with Crippen LogP contribution in [-0.4, -0.2) is 36.3 Å². The fourth-order valence-electron chi connectivity index (χ4n) is 1.73. The summed E-state index contributed by atoms with van der Waals surface area (Å²) in [6.45, 7) is 4.19. The first kappa shape index (κ1) is 15.0. The Hall–Kier alpha value is -2.04. The number of nitrogens with zero attached hydrogens (tertiary/aromatic N) is 1. The van der Waals surface area contributed by atoms with Crippen LogP contribution >= 0.6 is 0 Å². The van der Waals surface area contributed by atoms with Gasteiger partial charge in [0.1, 0.15) is 6.04 Å². The summed E-state index contributed by atoms with van der Waals surface area (Å²) in [6, 6.07) is 6.64. The molecule has 2 amide bonds. The topological polar surface area (TPSA) is 75.4 Å². The van der Waals surface area contributed by atoms with Crippen LogP contribution in [0.5, 0.6) is 0 Å². The van der Waals surface area contributed by atoms with E-state index in [0.717, 1.165) is 5.56 Å². The van der Waals surface area contributed by atoms with Gasteiger partial charge in [0.25, 0.3) is 0 Å². The molecule has 0 spiro atoms. The van der Waals surface area contributed by atoms with Gasteiger partial charge in [-0.2, -0.15) is 0 Å². The van der Waals surface area contributed by atoms with Crippen LogP contribution in [0.25, 0.3) is 0 Å². The predicted octanol–water partition coefficient (Wildman–Crippen LogP) is 0.794. The second kappa shape index (κ2) is 6.78. The predicted molar refractivity (Wildman–Crippen MR) is 75.5 cm³/mol. The standard InChI is InChI=1S/C14H21N3O2/c1-4-17(3)14(19)10(2)16-13(18)9-11-6-5-7-12(15)8-11/h5-8,10H,4,9,15H2,1-3H3,(H,16,18). The van der Waals surface area contributed by atoms with Crippen LogP contribution in [0.4, 0.5) is 5.69 Å². The molecule has 5 heteroatoms. The fraction of sp³-hybridized carbons (Fsp3) is 0.429. The van der Waals surface area contributed by atoms with Gasteiger partial charge < -0.3 is 16.0 Å². The summed E-state index contributed by atoms with van der Waals surface area (Å²) < 4.78 is 0.